The Bertz CT molecular complexity index is 1390. The second-order valence-corrected chi connectivity index (χ2v) is 9.06. The van der Waals surface area contributed by atoms with E-state index in [2.05, 4.69) is 21.2 Å². The molecule has 0 spiro atoms. The highest BCUT2D eigenvalue weighted by atomic mass is 79.9. The lowest BCUT2D eigenvalue weighted by molar-refractivity contribution is -0.122. The van der Waals surface area contributed by atoms with Gasteiger partial charge in [-0.15, -0.1) is 0 Å². The van der Waals surface area contributed by atoms with E-state index in [1.54, 1.807) is 36.4 Å². The Balaban J connectivity index is 1.65. The number of amides is 4. The Hall–Kier alpha value is -3.82. The van der Waals surface area contributed by atoms with Crippen LogP contribution >= 0.6 is 27.5 Å². The number of ether oxygens (including phenoxy) is 3. The lowest BCUT2D eigenvalue weighted by Gasteiger charge is -2.26. The van der Waals surface area contributed by atoms with Crippen molar-refractivity contribution in [3.05, 3.63) is 86.9 Å². The summed E-state index contributed by atoms with van der Waals surface area (Å²) in [6.45, 7) is 2.38. The van der Waals surface area contributed by atoms with Crippen LogP contribution in [0.5, 0.6) is 17.2 Å². The maximum Gasteiger partial charge on any atom is 0.335 e. The number of nitrogens with zero attached hydrogens (tertiary/aromatic N) is 1. The van der Waals surface area contributed by atoms with Gasteiger partial charge in [0, 0.05) is 10.0 Å². The molecule has 1 saturated heterocycles. The maximum absolute atomic E-state index is 13.2. The molecular weight excluding hydrogens is 564 g/mol. The first-order valence-electron chi connectivity index (χ1n) is 11.2. The molecule has 3 aromatic rings. The lowest BCUT2D eigenvalue weighted by atomic mass is 10.1. The molecule has 0 unspecified atom stereocenters. The van der Waals surface area contributed by atoms with E-state index < -0.39 is 17.8 Å². The van der Waals surface area contributed by atoms with Crippen LogP contribution in [0.1, 0.15) is 18.1 Å². The van der Waals surface area contributed by atoms with E-state index in [-0.39, 0.29) is 22.9 Å². The first-order valence-corrected chi connectivity index (χ1v) is 12.4. The summed E-state index contributed by atoms with van der Waals surface area (Å²) in [5.41, 5.74) is 1.38. The van der Waals surface area contributed by atoms with Crippen molar-refractivity contribution in [2.75, 3.05) is 18.6 Å². The number of imide groups is 2. The summed E-state index contributed by atoms with van der Waals surface area (Å²) in [6.07, 6.45) is 1.35. The Morgan fingerprint density at radius 1 is 1.03 bits per heavy atom. The van der Waals surface area contributed by atoms with Crippen molar-refractivity contribution in [2.45, 2.75) is 13.5 Å². The number of rotatable bonds is 8. The Morgan fingerprint density at radius 2 is 1.76 bits per heavy atom. The maximum atomic E-state index is 13.2. The van der Waals surface area contributed by atoms with Crippen LogP contribution in [0.3, 0.4) is 0 Å². The quantitative estimate of drug-likeness (QED) is 0.267. The summed E-state index contributed by atoms with van der Waals surface area (Å²) in [6, 6.07) is 16.3. The molecule has 4 amide bonds. The third-order valence-corrected chi connectivity index (χ3v) is 6.46. The smallest absolute Gasteiger partial charge is 0.335 e. The molecule has 1 heterocycles. The third-order valence-electron chi connectivity index (χ3n) is 5.40. The summed E-state index contributed by atoms with van der Waals surface area (Å²) >= 11 is 10.0. The average Bonchev–Trinajstić information content (AvgIpc) is 2.87. The summed E-state index contributed by atoms with van der Waals surface area (Å²) < 4.78 is 17.7. The Morgan fingerprint density at radius 3 is 2.43 bits per heavy atom. The molecule has 0 aliphatic carbocycles. The summed E-state index contributed by atoms with van der Waals surface area (Å²) in [4.78, 5) is 39.2. The molecule has 8 nitrogen and oxygen atoms in total. The van der Waals surface area contributed by atoms with Gasteiger partial charge in [-0.3, -0.25) is 14.9 Å². The fourth-order valence-corrected chi connectivity index (χ4v) is 4.30. The molecule has 0 radical (unpaired) electrons. The molecule has 3 aromatic carbocycles. The highest BCUT2D eigenvalue weighted by Crippen LogP contribution is 2.38. The van der Waals surface area contributed by atoms with Crippen LogP contribution in [0, 0.1) is 0 Å². The number of nitrogens with one attached hydrogen (secondary N) is 1. The number of barbiturate groups is 1. The standard InChI is InChI=1S/C27H22BrClN2O6/c1-3-36-23-14-16(13-22(29)24(23)37-15-17-6-4-5-7-21(17)28)12-20-25(32)30-27(34)31(26(20)33)18-8-10-19(35-2)11-9-18/h4-14H,3,15H2,1-2H3,(H,30,32,34)/b20-12+. The second-order valence-electron chi connectivity index (χ2n) is 7.80. The zero-order valence-corrected chi connectivity index (χ0v) is 22.3. The van der Waals surface area contributed by atoms with Crippen molar-refractivity contribution >= 4 is 57.1 Å². The number of hydrogen-bond acceptors (Lipinski definition) is 6. The van der Waals surface area contributed by atoms with Crippen LogP contribution in [0.15, 0.2) is 70.7 Å². The van der Waals surface area contributed by atoms with E-state index in [4.69, 9.17) is 25.8 Å². The summed E-state index contributed by atoms with van der Waals surface area (Å²) in [5.74, 6) is -0.359. The van der Waals surface area contributed by atoms with Gasteiger partial charge in [0.25, 0.3) is 11.8 Å². The molecule has 1 aliphatic rings. The highest BCUT2D eigenvalue weighted by Gasteiger charge is 2.37. The number of anilines is 1. The molecule has 190 valence electrons. The van der Waals surface area contributed by atoms with Crippen molar-refractivity contribution < 1.29 is 28.6 Å². The zero-order valence-electron chi connectivity index (χ0n) is 19.9. The monoisotopic (exact) mass is 584 g/mol. The highest BCUT2D eigenvalue weighted by molar-refractivity contribution is 9.10. The van der Waals surface area contributed by atoms with E-state index in [9.17, 15) is 14.4 Å². The van der Waals surface area contributed by atoms with Crippen molar-refractivity contribution in [1.82, 2.24) is 5.32 Å². The van der Waals surface area contributed by atoms with Crippen LogP contribution in [-0.4, -0.2) is 31.6 Å². The molecule has 0 aromatic heterocycles. The molecular formula is C27H22BrClN2O6. The summed E-state index contributed by atoms with van der Waals surface area (Å²) in [5, 5.41) is 2.43. The zero-order chi connectivity index (χ0) is 26.5. The minimum Gasteiger partial charge on any atom is -0.497 e. The number of carbonyl (C=O) groups excluding carboxylic acids is 3. The van der Waals surface area contributed by atoms with E-state index in [1.807, 2.05) is 31.2 Å². The predicted octanol–water partition coefficient (Wildman–Crippen LogP) is 5.76. The molecule has 0 saturated carbocycles. The van der Waals surface area contributed by atoms with E-state index in [1.165, 1.54) is 13.2 Å². The fraction of sp³-hybridized carbons (Fsp3) is 0.148. The molecule has 37 heavy (non-hydrogen) atoms. The van der Waals surface area contributed by atoms with Crippen molar-refractivity contribution in [3.63, 3.8) is 0 Å². The number of methoxy groups -OCH3 is 1. The van der Waals surface area contributed by atoms with Crippen molar-refractivity contribution in [3.8, 4) is 17.2 Å². The predicted molar refractivity (Wildman–Crippen MR) is 143 cm³/mol. The normalized spacial score (nSPS) is 14.5. The number of benzene rings is 3. The van der Waals surface area contributed by atoms with Crippen LogP contribution in [-0.2, 0) is 16.2 Å². The minimum atomic E-state index is -0.846. The molecule has 4 rings (SSSR count). The van der Waals surface area contributed by atoms with Gasteiger partial charge in [0.05, 0.1) is 24.4 Å². The van der Waals surface area contributed by atoms with Crippen LogP contribution in [0.2, 0.25) is 5.02 Å². The first kappa shape index (κ1) is 26.2. The van der Waals surface area contributed by atoms with Crippen molar-refractivity contribution in [1.29, 1.82) is 0 Å². The largest absolute Gasteiger partial charge is 0.497 e. The van der Waals surface area contributed by atoms with Gasteiger partial charge in [-0.05, 0) is 61.0 Å². The second kappa shape index (κ2) is 11.5. The molecule has 0 bridgehead atoms. The minimum absolute atomic E-state index is 0.233. The van der Waals surface area contributed by atoms with Crippen LogP contribution in [0.4, 0.5) is 10.5 Å². The van der Waals surface area contributed by atoms with Gasteiger partial charge >= 0.3 is 6.03 Å². The van der Waals surface area contributed by atoms with Gasteiger partial charge in [-0.1, -0.05) is 45.7 Å². The first-order chi connectivity index (χ1) is 17.8. The van der Waals surface area contributed by atoms with Crippen LogP contribution < -0.4 is 24.4 Å². The molecule has 10 heteroatoms. The van der Waals surface area contributed by atoms with Crippen molar-refractivity contribution in [2.24, 2.45) is 0 Å². The Kier molecular flexibility index (Phi) is 8.15. The Labute approximate surface area is 226 Å². The average molecular weight is 586 g/mol. The molecule has 1 aliphatic heterocycles. The van der Waals surface area contributed by atoms with Gasteiger partial charge in [0.15, 0.2) is 11.5 Å². The fourth-order valence-electron chi connectivity index (χ4n) is 3.63. The lowest BCUT2D eigenvalue weighted by Crippen LogP contribution is -2.54. The molecule has 0 atom stereocenters. The number of carbonyl (C=O) groups is 3. The topological polar surface area (TPSA) is 94.2 Å². The molecule has 1 N–H and O–H groups in total. The van der Waals surface area contributed by atoms with Crippen LogP contribution in [0.25, 0.3) is 6.08 Å². The number of urea groups is 1. The van der Waals surface area contributed by atoms with Gasteiger partial charge in [-0.2, -0.15) is 0 Å². The molecule has 1 fully saturated rings. The van der Waals surface area contributed by atoms with E-state index in [0.717, 1.165) is 14.9 Å². The van der Waals surface area contributed by atoms with E-state index in [0.29, 0.717) is 29.4 Å². The SMILES string of the molecule is CCOc1cc(/C=C2\C(=O)NC(=O)N(c3ccc(OC)cc3)C2=O)cc(Cl)c1OCc1ccccc1Br. The van der Waals surface area contributed by atoms with Gasteiger partial charge in [0.1, 0.15) is 17.9 Å². The third kappa shape index (κ3) is 5.79. The summed E-state index contributed by atoms with van der Waals surface area (Å²) in [7, 11) is 1.51. The number of halogens is 2. The van der Waals surface area contributed by atoms with E-state index >= 15 is 0 Å². The van der Waals surface area contributed by atoms with Gasteiger partial charge < -0.3 is 14.2 Å². The number of hydrogen-bond donors (Lipinski definition) is 1. The van der Waals surface area contributed by atoms with Gasteiger partial charge in [-0.25, -0.2) is 9.69 Å². The van der Waals surface area contributed by atoms with Gasteiger partial charge in [0.2, 0.25) is 0 Å².